The topological polar surface area (TPSA) is 47.1 Å². The molecule has 0 fully saturated rings. The number of anilines is 2. The number of nitrogens with two attached hydrogens (primary N) is 1. The number of hydrogen-bond acceptors (Lipinski definition) is 3. The van der Waals surface area contributed by atoms with E-state index in [-0.39, 0.29) is 0 Å². The number of nitrogens with zero attached hydrogens (tertiary/aromatic N) is 3. The molecule has 1 aromatic heterocycles. The highest BCUT2D eigenvalue weighted by atomic mass is 15.4. The minimum atomic E-state index is 0.500. The predicted octanol–water partition coefficient (Wildman–Crippen LogP) is 3.20. The maximum absolute atomic E-state index is 6.22. The first-order chi connectivity index (χ1) is 8.56. The minimum Gasteiger partial charge on any atom is -0.394 e. The Morgan fingerprint density at radius 1 is 1.33 bits per heavy atom. The highest BCUT2D eigenvalue weighted by molar-refractivity contribution is 5.66. The van der Waals surface area contributed by atoms with Crippen LogP contribution in [0.1, 0.15) is 52.7 Å². The van der Waals surface area contributed by atoms with E-state index in [1.807, 2.05) is 11.6 Å². The van der Waals surface area contributed by atoms with Crippen LogP contribution in [-0.2, 0) is 6.54 Å². The largest absolute Gasteiger partial charge is 0.394 e. The Labute approximate surface area is 111 Å². The van der Waals surface area contributed by atoms with E-state index in [9.17, 15) is 0 Å². The Morgan fingerprint density at radius 3 is 2.50 bits per heavy atom. The van der Waals surface area contributed by atoms with Gasteiger partial charge in [-0.1, -0.05) is 20.3 Å². The maximum atomic E-state index is 6.22. The molecule has 0 bridgehead atoms. The first-order valence-corrected chi connectivity index (χ1v) is 7.16. The van der Waals surface area contributed by atoms with Crippen LogP contribution < -0.4 is 10.6 Å². The third kappa shape index (κ3) is 2.98. The summed E-state index contributed by atoms with van der Waals surface area (Å²) in [4.78, 5) is 2.42. The molecule has 0 aromatic carbocycles. The molecule has 0 amide bonds. The summed E-state index contributed by atoms with van der Waals surface area (Å²) in [5, 5.41) is 4.52. The van der Waals surface area contributed by atoms with E-state index in [0.29, 0.717) is 6.04 Å². The fraction of sp³-hybridized carbons (Fsp3) is 0.786. The molecule has 0 saturated carbocycles. The monoisotopic (exact) mass is 252 g/mol. The molecule has 4 heteroatoms. The van der Waals surface area contributed by atoms with Gasteiger partial charge in [-0.15, -0.1) is 0 Å². The molecule has 0 aliphatic rings. The van der Waals surface area contributed by atoms with Crippen molar-refractivity contribution in [3.8, 4) is 0 Å². The molecule has 18 heavy (non-hydrogen) atoms. The van der Waals surface area contributed by atoms with Crippen LogP contribution in [0.3, 0.4) is 0 Å². The van der Waals surface area contributed by atoms with Gasteiger partial charge in [0.25, 0.3) is 0 Å². The lowest BCUT2D eigenvalue weighted by atomic mass is 10.2. The van der Waals surface area contributed by atoms with E-state index >= 15 is 0 Å². The van der Waals surface area contributed by atoms with Crippen molar-refractivity contribution in [1.29, 1.82) is 0 Å². The van der Waals surface area contributed by atoms with Gasteiger partial charge in [0.1, 0.15) is 0 Å². The molecule has 2 N–H and O–H groups in total. The molecule has 1 aromatic rings. The lowest BCUT2D eigenvalue weighted by Gasteiger charge is -2.31. The van der Waals surface area contributed by atoms with Crippen LogP contribution in [0, 0.1) is 6.92 Å². The molecule has 1 rings (SSSR count). The van der Waals surface area contributed by atoms with Gasteiger partial charge < -0.3 is 10.6 Å². The van der Waals surface area contributed by atoms with Crippen molar-refractivity contribution in [2.75, 3.05) is 17.2 Å². The maximum Gasteiger partial charge on any atom is 0.150 e. The molecule has 4 nitrogen and oxygen atoms in total. The lowest BCUT2D eigenvalue weighted by molar-refractivity contribution is 0.556. The molecule has 1 heterocycles. The Hall–Kier alpha value is -1.19. The molecular weight excluding hydrogens is 224 g/mol. The van der Waals surface area contributed by atoms with Crippen LogP contribution in [0.15, 0.2) is 0 Å². The lowest BCUT2D eigenvalue weighted by Crippen LogP contribution is -2.35. The Bertz CT molecular complexity index is 370. The van der Waals surface area contributed by atoms with Crippen LogP contribution in [-0.4, -0.2) is 22.4 Å². The van der Waals surface area contributed by atoms with E-state index < -0.39 is 0 Å². The van der Waals surface area contributed by atoms with Gasteiger partial charge in [-0.2, -0.15) is 5.10 Å². The van der Waals surface area contributed by atoms with Gasteiger partial charge in [0.2, 0.25) is 0 Å². The summed E-state index contributed by atoms with van der Waals surface area (Å²) in [5.41, 5.74) is 8.00. The quantitative estimate of drug-likeness (QED) is 0.810. The average Bonchev–Trinajstić information content (AvgIpc) is 2.66. The summed E-state index contributed by atoms with van der Waals surface area (Å²) in [6.07, 6.45) is 3.51. The molecule has 104 valence electrons. The smallest absolute Gasteiger partial charge is 0.150 e. The van der Waals surface area contributed by atoms with Crippen molar-refractivity contribution in [2.45, 2.75) is 66.5 Å². The Kier molecular flexibility index (Phi) is 5.51. The Balaban J connectivity index is 3.10. The fourth-order valence-electron chi connectivity index (χ4n) is 2.19. The minimum absolute atomic E-state index is 0.500. The van der Waals surface area contributed by atoms with Gasteiger partial charge in [-0.25, -0.2) is 4.68 Å². The van der Waals surface area contributed by atoms with Gasteiger partial charge in [0.15, 0.2) is 5.82 Å². The van der Waals surface area contributed by atoms with Crippen molar-refractivity contribution in [2.24, 2.45) is 0 Å². The first-order valence-electron chi connectivity index (χ1n) is 7.16. The van der Waals surface area contributed by atoms with Crippen molar-refractivity contribution in [1.82, 2.24) is 9.78 Å². The summed E-state index contributed by atoms with van der Waals surface area (Å²) in [7, 11) is 0. The third-order valence-corrected chi connectivity index (χ3v) is 3.59. The SMILES string of the molecule is CCCCN(c1c(N)c(C)nn1CC)C(C)CC. The zero-order valence-corrected chi connectivity index (χ0v) is 12.5. The van der Waals surface area contributed by atoms with Crippen LogP contribution >= 0.6 is 0 Å². The molecule has 0 spiro atoms. The van der Waals surface area contributed by atoms with Gasteiger partial charge in [0.05, 0.1) is 11.4 Å². The Morgan fingerprint density at radius 2 is 2.00 bits per heavy atom. The normalized spacial score (nSPS) is 12.7. The predicted molar refractivity (Wildman–Crippen MR) is 79.1 cm³/mol. The number of nitrogen functional groups attached to an aromatic ring is 1. The summed E-state index contributed by atoms with van der Waals surface area (Å²) >= 11 is 0. The highest BCUT2D eigenvalue weighted by Gasteiger charge is 2.21. The van der Waals surface area contributed by atoms with Gasteiger partial charge >= 0.3 is 0 Å². The third-order valence-electron chi connectivity index (χ3n) is 3.59. The summed E-state index contributed by atoms with van der Waals surface area (Å²) < 4.78 is 2.03. The molecule has 1 unspecified atom stereocenters. The zero-order valence-electron chi connectivity index (χ0n) is 12.5. The van der Waals surface area contributed by atoms with E-state index in [2.05, 4.69) is 37.7 Å². The summed E-state index contributed by atoms with van der Waals surface area (Å²) in [6.45, 7) is 12.7. The number of unbranched alkanes of at least 4 members (excludes halogenated alkanes) is 1. The zero-order chi connectivity index (χ0) is 13.7. The van der Waals surface area contributed by atoms with Crippen LogP contribution in [0.2, 0.25) is 0 Å². The van der Waals surface area contributed by atoms with Crippen LogP contribution in [0.4, 0.5) is 11.5 Å². The van der Waals surface area contributed by atoms with Crippen LogP contribution in [0.25, 0.3) is 0 Å². The second-order valence-electron chi connectivity index (χ2n) is 4.94. The second kappa shape index (κ2) is 6.66. The fourth-order valence-corrected chi connectivity index (χ4v) is 2.19. The molecule has 0 aliphatic carbocycles. The number of aryl methyl sites for hydroxylation is 2. The summed E-state index contributed by atoms with van der Waals surface area (Å²) in [5.74, 6) is 1.11. The van der Waals surface area contributed by atoms with Gasteiger partial charge in [-0.05, 0) is 33.6 Å². The molecule has 0 aliphatic heterocycles. The van der Waals surface area contributed by atoms with Crippen molar-refractivity contribution >= 4 is 11.5 Å². The van der Waals surface area contributed by atoms with Gasteiger partial charge in [-0.3, -0.25) is 0 Å². The molecule has 0 saturated heterocycles. The number of hydrogen-bond donors (Lipinski definition) is 1. The van der Waals surface area contributed by atoms with Crippen molar-refractivity contribution in [3.63, 3.8) is 0 Å². The second-order valence-corrected chi connectivity index (χ2v) is 4.94. The standard InChI is InChI=1S/C14H28N4/c1-6-9-10-17(11(4)7-2)14-13(15)12(5)16-18(14)8-3/h11H,6-10,15H2,1-5H3. The van der Waals surface area contributed by atoms with Crippen molar-refractivity contribution < 1.29 is 0 Å². The van der Waals surface area contributed by atoms with E-state index in [1.54, 1.807) is 0 Å². The molecular formula is C14H28N4. The van der Waals surface area contributed by atoms with E-state index in [1.165, 1.54) is 12.8 Å². The number of aromatic nitrogens is 2. The van der Waals surface area contributed by atoms with Crippen molar-refractivity contribution in [3.05, 3.63) is 5.69 Å². The highest BCUT2D eigenvalue weighted by Crippen LogP contribution is 2.29. The van der Waals surface area contributed by atoms with E-state index in [0.717, 1.165) is 36.7 Å². The number of rotatable bonds is 7. The molecule has 1 atom stereocenters. The molecule has 0 radical (unpaired) electrons. The van der Waals surface area contributed by atoms with E-state index in [4.69, 9.17) is 5.73 Å². The average molecular weight is 252 g/mol. The van der Waals surface area contributed by atoms with Crippen LogP contribution in [0.5, 0.6) is 0 Å². The first kappa shape index (κ1) is 14.9. The summed E-state index contributed by atoms with van der Waals surface area (Å²) in [6, 6.07) is 0.500. The van der Waals surface area contributed by atoms with Gasteiger partial charge in [0, 0.05) is 19.1 Å².